The molecule has 178 valence electrons. The maximum absolute atomic E-state index is 12.4. The highest BCUT2D eigenvalue weighted by Crippen LogP contribution is 2.40. The predicted octanol–water partition coefficient (Wildman–Crippen LogP) is 4.36. The Bertz CT molecular complexity index is 740. The van der Waals surface area contributed by atoms with Crippen LogP contribution >= 0.6 is 0 Å². The van der Waals surface area contributed by atoms with E-state index in [0.29, 0.717) is 12.0 Å². The standard InChI is InChI=1S/C25H41N5O2/c1-3-26-23(28-20-25(12-5-6-13-25)14-17-32-4-2)27-19-21-10-9-11-22(18-21)29-24(31)30-15-7-8-16-30/h9-11,18H,3-8,12-17,19-20H2,1-2H3,(H,29,31)(H2,26,27,28). The van der Waals surface area contributed by atoms with Crippen molar-refractivity contribution < 1.29 is 9.53 Å². The van der Waals surface area contributed by atoms with E-state index in [9.17, 15) is 4.79 Å². The van der Waals surface area contributed by atoms with E-state index in [1.165, 1.54) is 25.7 Å². The second kappa shape index (κ2) is 12.7. The number of ether oxygens (including phenoxy) is 1. The van der Waals surface area contributed by atoms with Crippen molar-refractivity contribution in [1.82, 2.24) is 15.5 Å². The molecule has 0 spiro atoms. The highest BCUT2D eigenvalue weighted by Gasteiger charge is 2.33. The molecule has 0 bridgehead atoms. The van der Waals surface area contributed by atoms with Gasteiger partial charge in [0.15, 0.2) is 5.96 Å². The maximum atomic E-state index is 12.4. The zero-order chi connectivity index (χ0) is 22.7. The molecule has 0 atom stereocenters. The number of aliphatic imine (C=N–C) groups is 1. The van der Waals surface area contributed by atoms with Gasteiger partial charge in [0.2, 0.25) is 0 Å². The van der Waals surface area contributed by atoms with E-state index in [1.54, 1.807) is 0 Å². The highest BCUT2D eigenvalue weighted by atomic mass is 16.5. The molecular weight excluding hydrogens is 402 g/mol. The van der Waals surface area contributed by atoms with Crippen molar-refractivity contribution >= 4 is 17.7 Å². The fourth-order valence-corrected chi connectivity index (χ4v) is 4.73. The largest absolute Gasteiger partial charge is 0.382 e. The number of benzene rings is 1. The van der Waals surface area contributed by atoms with Crippen molar-refractivity contribution in [3.05, 3.63) is 29.8 Å². The number of hydrogen-bond donors (Lipinski definition) is 3. The lowest BCUT2D eigenvalue weighted by atomic mass is 9.83. The molecule has 0 radical (unpaired) electrons. The van der Waals surface area contributed by atoms with Gasteiger partial charge in [0, 0.05) is 45.1 Å². The average Bonchev–Trinajstić information content (AvgIpc) is 3.49. The number of nitrogens with one attached hydrogen (secondary N) is 3. The molecule has 1 aromatic rings. The molecule has 2 amide bonds. The number of carbonyl (C=O) groups is 1. The van der Waals surface area contributed by atoms with Crippen LogP contribution in [0.5, 0.6) is 0 Å². The molecule has 1 aromatic carbocycles. The minimum Gasteiger partial charge on any atom is -0.382 e. The van der Waals surface area contributed by atoms with Crippen LogP contribution in [0, 0.1) is 5.41 Å². The molecule has 2 fully saturated rings. The summed E-state index contributed by atoms with van der Waals surface area (Å²) in [7, 11) is 0. The van der Waals surface area contributed by atoms with Crippen molar-refractivity contribution in [2.75, 3.05) is 44.7 Å². The monoisotopic (exact) mass is 443 g/mol. The summed E-state index contributed by atoms with van der Waals surface area (Å²) < 4.78 is 5.64. The van der Waals surface area contributed by atoms with Crippen molar-refractivity contribution in [2.45, 2.75) is 65.3 Å². The van der Waals surface area contributed by atoms with E-state index in [0.717, 1.165) is 75.9 Å². The van der Waals surface area contributed by atoms with Gasteiger partial charge >= 0.3 is 6.03 Å². The SMILES string of the molecule is CCNC(=NCc1cccc(NC(=O)N2CCCC2)c1)NCC1(CCOCC)CCCC1. The number of carbonyl (C=O) groups excluding carboxylic acids is 1. The molecular formula is C25H41N5O2. The summed E-state index contributed by atoms with van der Waals surface area (Å²) in [6, 6.07) is 7.98. The third-order valence-electron chi connectivity index (χ3n) is 6.61. The van der Waals surface area contributed by atoms with E-state index in [2.05, 4.69) is 35.9 Å². The Morgan fingerprint density at radius 2 is 1.91 bits per heavy atom. The Kier molecular flexibility index (Phi) is 9.65. The van der Waals surface area contributed by atoms with Crippen LogP contribution in [0.3, 0.4) is 0 Å². The van der Waals surface area contributed by atoms with Gasteiger partial charge in [-0.15, -0.1) is 0 Å². The lowest BCUT2D eigenvalue weighted by molar-refractivity contribution is 0.105. The Labute approximate surface area is 193 Å². The van der Waals surface area contributed by atoms with Crippen molar-refractivity contribution in [2.24, 2.45) is 10.4 Å². The number of rotatable bonds is 10. The van der Waals surface area contributed by atoms with Gasteiger partial charge in [-0.05, 0) is 69.1 Å². The molecule has 1 aliphatic heterocycles. The van der Waals surface area contributed by atoms with E-state index in [1.807, 2.05) is 23.1 Å². The Balaban J connectivity index is 1.56. The second-order valence-corrected chi connectivity index (χ2v) is 9.03. The molecule has 3 rings (SSSR count). The topological polar surface area (TPSA) is 78.0 Å². The Morgan fingerprint density at radius 3 is 2.62 bits per heavy atom. The number of likely N-dealkylation sites (tertiary alicyclic amines) is 1. The van der Waals surface area contributed by atoms with Crippen LogP contribution in [-0.4, -0.2) is 56.3 Å². The zero-order valence-electron chi connectivity index (χ0n) is 19.9. The van der Waals surface area contributed by atoms with Gasteiger partial charge in [0.05, 0.1) is 6.54 Å². The van der Waals surface area contributed by atoms with Crippen LogP contribution in [-0.2, 0) is 11.3 Å². The summed E-state index contributed by atoms with van der Waals surface area (Å²) in [6.45, 7) is 9.77. The maximum Gasteiger partial charge on any atom is 0.321 e. The lowest BCUT2D eigenvalue weighted by Crippen LogP contribution is -2.43. The highest BCUT2D eigenvalue weighted by molar-refractivity contribution is 5.89. The molecule has 0 aromatic heterocycles. The zero-order valence-corrected chi connectivity index (χ0v) is 19.9. The number of guanidine groups is 1. The van der Waals surface area contributed by atoms with Gasteiger partial charge in [0.1, 0.15) is 0 Å². The van der Waals surface area contributed by atoms with Gasteiger partial charge in [-0.25, -0.2) is 9.79 Å². The number of urea groups is 1. The van der Waals surface area contributed by atoms with Crippen molar-refractivity contribution in [3.63, 3.8) is 0 Å². The third kappa shape index (κ3) is 7.40. The predicted molar refractivity (Wildman–Crippen MR) is 131 cm³/mol. The number of anilines is 1. The Hall–Kier alpha value is -2.28. The molecule has 7 nitrogen and oxygen atoms in total. The van der Waals surface area contributed by atoms with Gasteiger partial charge in [0.25, 0.3) is 0 Å². The molecule has 7 heteroatoms. The van der Waals surface area contributed by atoms with Gasteiger partial charge in [-0.3, -0.25) is 0 Å². The molecule has 1 aliphatic carbocycles. The molecule has 0 unspecified atom stereocenters. The van der Waals surface area contributed by atoms with E-state index in [4.69, 9.17) is 9.73 Å². The van der Waals surface area contributed by atoms with Crippen LogP contribution in [0.4, 0.5) is 10.5 Å². The van der Waals surface area contributed by atoms with Crippen LogP contribution in [0.15, 0.2) is 29.3 Å². The summed E-state index contributed by atoms with van der Waals surface area (Å²) in [5.74, 6) is 0.849. The first-order valence-electron chi connectivity index (χ1n) is 12.4. The van der Waals surface area contributed by atoms with Gasteiger partial charge < -0.3 is 25.6 Å². The van der Waals surface area contributed by atoms with Gasteiger partial charge in [-0.1, -0.05) is 25.0 Å². The van der Waals surface area contributed by atoms with Crippen LogP contribution in [0.2, 0.25) is 0 Å². The first kappa shape index (κ1) is 24.4. The van der Waals surface area contributed by atoms with E-state index < -0.39 is 0 Å². The fourth-order valence-electron chi connectivity index (χ4n) is 4.73. The molecule has 2 aliphatic rings. The van der Waals surface area contributed by atoms with E-state index in [-0.39, 0.29) is 6.03 Å². The van der Waals surface area contributed by atoms with E-state index >= 15 is 0 Å². The lowest BCUT2D eigenvalue weighted by Gasteiger charge is -2.30. The molecule has 32 heavy (non-hydrogen) atoms. The number of amides is 2. The summed E-state index contributed by atoms with van der Waals surface area (Å²) in [5, 5.41) is 9.99. The number of nitrogens with zero attached hydrogens (tertiary/aromatic N) is 2. The normalized spacial score (nSPS) is 18.1. The fraction of sp³-hybridized carbons (Fsp3) is 0.680. The minimum absolute atomic E-state index is 0.00734. The molecule has 3 N–H and O–H groups in total. The first-order valence-corrected chi connectivity index (χ1v) is 12.4. The number of hydrogen-bond acceptors (Lipinski definition) is 3. The first-order chi connectivity index (χ1) is 15.6. The smallest absolute Gasteiger partial charge is 0.321 e. The van der Waals surface area contributed by atoms with Crippen LogP contribution < -0.4 is 16.0 Å². The van der Waals surface area contributed by atoms with Crippen molar-refractivity contribution in [3.8, 4) is 0 Å². The quantitative estimate of drug-likeness (QED) is 0.285. The second-order valence-electron chi connectivity index (χ2n) is 9.03. The average molecular weight is 444 g/mol. The summed E-state index contributed by atoms with van der Waals surface area (Å²) in [4.78, 5) is 19.1. The third-order valence-corrected chi connectivity index (χ3v) is 6.61. The van der Waals surface area contributed by atoms with Crippen LogP contribution in [0.1, 0.15) is 64.4 Å². The minimum atomic E-state index is -0.00734. The molecule has 1 saturated heterocycles. The molecule has 1 saturated carbocycles. The molecule has 1 heterocycles. The summed E-state index contributed by atoms with van der Waals surface area (Å²) >= 11 is 0. The van der Waals surface area contributed by atoms with Crippen LogP contribution in [0.25, 0.3) is 0 Å². The summed E-state index contributed by atoms with van der Waals surface area (Å²) in [6.07, 6.45) is 8.40. The van der Waals surface area contributed by atoms with Gasteiger partial charge in [-0.2, -0.15) is 0 Å². The van der Waals surface area contributed by atoms with Crippen molar-refractivity contribution in [1.29, 1.82) is 0 Å². The summed E-state index contributed by atoms with van der Waals surface area (Å²) in [5.41, 5.74) is 2.22. The Morgan fingerprint density at radius 1 is 1.12 bits per heavy atom.